The minimum atomic E-state index is -2.01. The van der Waals surface area contributed by atoms with Crippen molar-refractivity contribution in [1.82, 2.24) is 0 Å². The van der Waals surface area contributed by atoms with Crippen molar-refractivity contribution in [3.8, 4) is 0 Å². The van der Waals surface area contributed by atoms with Gasteiger partial charge < -0.3 is 0 Å². The quantitative estimate of drug-likeness (QED) is 0.480. The minimum Gasteiger partial charge on any atom is -0.292 e. The molecule has 0 saturated heterocycles. The average Bonchev–Trinajstić information content (AvgIpc) is 2.47. The summed E-state index contributed by atoms with van der Waals surface area (Å²) in [6.07, 6.45) is 0. The van der Waals surface area contributed by atoms with E-state index >= 15 is 0 Å². The van der Waals surface area contributed by atoms with Gasteiger partial charge in [-0.3, -0.25) is 9.15 Å². The summed E-state index contributed by atoms with van der Waals surface area (Å²) in [5, 5.41) is 2.50. The Morgan fingerprint density at radius 2 is 0.850 bits per heavy atom. The van der Waals surface area contributed by atoms with Gasteiger partial charge in [0.15, 0.2) is 0 Å². The van der Waals surface area contributed by atoms with Crippen LogP contribution in [0.2, 0.25) is 26.2 Å². The van der Waals surface area contributed by atoms with E-state index in [1.807, 2.05) is 36.4 Å². The molecule has 106 valence electrons. The zero-order valence-corrected chi connectivity index (χ0v) is 14.6. The fraction of sp³-hybridized carbons (Fsp3) is 0.250. The summed E-state index contributed by atoms with van der Waals surface area (Å²) in [7, 11) is -4.02. The maximum absolute atomic E-state index is 5.94. The van der Waals surface area contributed by atoms with E-state index in [0.717, 1.165) is 0 Å². The molecule has 0 aliphatic carbocycles. The van der Waals surface area contributed by atoms with Crippen LogP contribution >= 0.6 is 0 Å². The van der Waals surface area contributed by atoms with Gasteiger partial charge in [0.05, 0.1) is 0 Å². The first kappa shape index (κ1) is 15.2. The van der Waals surface area contributed by atoms with Crippen molar-refractivity contribution in [3.63, 3.8) is 0 Å². The molecule has 2 rings (SSSR count). The summed E-state index contributed by atoms with van der Waals surface area (Å²) in [6.45, 7) is 8.66. The molecule has 0 atom stereocenters. The van der Waals surface area contributed by atoms with E-state index < -0.39 is 16.6 Å². The number of rotatable bonds is 5. The summed E-state index contributed by atoms with van der Waals surface area (Å²) in [5.41, 5.74) is 0. The summed E-state index contributed by atoms with van der Waals surface area (Å²) in [6, 6.07) is 20.7. The van der Waals surface area contributed by atoms with Gasteiger partial charge in [-0.05, 0) is 36.6 Å². The molecule has 0 heterocycles. The van der Waals surface area contributed by atoms with E-state index in [4.69, 9.17) is 9.15 Å². The lowest BCUT2D eigenvalue weighted by molar-refractivity contribution is -0.119. The van der Waals surface area contributed by atoms with E-state index in [1.165, 1.54) is 10.4 Å². The van der Waals surface area contributed by atoms with Gasteiger partial charge >= 0.3 is 0 Å². The maximum Gasteiger partial charge on any atom is 0.262 e. The lowest BCUT2D eigenvalue weighted by Crippen LogP contribution is -2.51. The fourth-order valence-corrected chi connectivity index (χ4v) is 5.83. The molecule has 0 spiro atoms. The summed E-state index contributed by atoms with van der Waals surface area (Å²) < 4.78 is 11.9. The first-order valence-corrected chi connectivity index (χ1v) is 12.7. The van der Waals surface area contributed by atoms with Gasteiger partial charge in [-0.2, -0.15) is 0 Å². The van der Waals surface area contributed by atoms with Crippen LogP contribution in [0.4, 0.5) is 0 Å². The van der Waals surface area contributed by atoms with Crippen molar-refractivity contribution in [2.75, 3.05) is 0 Å². The molecule has 0 aromatic heterocycles. The Bertz CT molecular complexity index is 487. The van der Waals surface area contributed by atoms with Gasteiger partial charge in [0, 0.05) is 0 Å². The van der Waals surface area contributed by atoms with Crippen LogP contribution in [0.15, 0.2) is 60.7 Å². The molecular formula is C16H22O2Si2. The topological polar surface area (TPSA) is 18.5 Å². The Morgan fingerprint density at radius 3 is 1.15 bits per heavy atom. The predicted octanol–water partition coefficient (Wildman–Crippen LogP) is 3.16. The molecule has 20 heavy (non-hydrogen) atoms. The Hall–Kier alpha value is -1.21. The lowest BCUT2D eigenvalue weighted by Gasteiger charge is -2.29. The molecular weight excluding hydrogens is 280 g/mol. The Labute approximate surface area is 123 Å². The van der Waals surface area contributed by atoms with Gasteiger partial charge in [-0.1, -0.05) is 60.7 Å². The van der Waals surface area contributed by atoms with Crippen LogP contribution < -0.4 is 10.4 Å². The molecule has 2 nitrogen and oxygen atoms in total. The molecule has 4 heteroatoms. The lowest BCUT2D eigenvalue weighted by atomic mass is 10.4. The average molecular weight is 303 g/mol. The first-order chi connectivity index (χ1) is 9.42. The molecule has 2 aromatic rings. The number of hydrogen-bond donors (Lipinski definition) is 0. The highest BCUT2D eigenvalue weighted by Gasteiger charge is 2.33. The molecule has 0 amide bonds. The van der Waals surface area contributed by atoms with Crippen molar-refractivity contribution >= 4 is 27.0 Å². The molecule has 0 bridgehead atoms. The van der Waals surface area contributed by atoms with E-state index in [9.17, 15) is 0 Å². The van der Waals surface area contributed by atoms with Gasteiger partial charge in [-0.25, -0.2) is 0 Å². The third-order valence-electron chi connectivity index (χ3n) is 3.40. The van der Waals surface area contributed by atoms with Crippen molar-refractivity contribution in [2.24, 2.45) is 0 Å². The fourth-order valence-electron chi connectivity index (χ4n) is 1.98. The second kappa shape index (κ2) is 6.05. The molecule has 0 fully saturated rings. The van der Waals surface area contributed by atoms with E-state index in [0.29, 0.717) is 0 Å². The zero-order valence-electron chi connectivity index (χ0n) is 12.6. The van der Waals surface area contributed by atoms with E-state index in [1.54, 1.807) is 0 Å². The molecule has 0 radical (unpaired) electrons. The van der Waals surface area contributed by atoms with Crippen molar-refractivity contribution in [1.29, 1.82) is 0 Å². The number of benzene rings is 2. The van der Waals surface area contributed by atoms with Crippen LogP contribution in [0.5, 0.6) is 0 Å². The molecule has 0 unspecified atom stereocenters. The Balaban J connectivity index is 2.08. The highest BCUT2D eigenvalue weighted by molar-refractivity contribution is 6.86. The zero-order chi connectivity index (χ0) is 14.6. The standard InChI is InChI=1S/C16H22O2Si2/c1-19(2,15-11-7-5-8-12-15)17-18-20(3,4)16-13-9-6-10-14-16/h5-14H,1-4H3. The van der Waals surface area contributed by atoms with Gasteiger partial charge in [0.25, 0.3) is 16.6 Å². The molecule has 0 aliphatic rings. The maximum atomic E-state index is 5.94. The van der Waals surface area contributed by atoms with Gasteiger partial charge in [-0.15, -0.1) is 0 Å². The van der Waals surface area contributed by atoms with Crippen molar-refractivity contribution in [3.05, 3.63) is 60.7 Å². The van der Waals surface area contributed by atoms with Crippen LogP contribution in [0.25, 0.3) is 0 Å². The van der Waals surface area contributed by atoms with Crippen LogP contribution in [0.3, 0.4) is 0 Å². The van der Waals surface area contributed by atoms with Crippen LogP contribution in [-0.4, -0.2) is 16.6 Å². The summed E-state index contributed by atoms with van der Waals surface area (Å²) in [5.74, 6) is 0. The molecule has 2 aromatic carbocycles. The first-order valence-electron chi connectivity index (χ1n) is 6.90. The normalized spacial score (nSPS) is 12.4. The molecule has 0 saturated carbocycles. The highest BCUT2D eigenvalue weighted by Crippen LogP contribution is 2.12. The number of hydrogen-bond acceptors (Lipinski definition) is 2. The van der Waals surface area contributed by atoms with Crippen LogP contribution in [-0.2, 0) is 9.15 Å². The smallest absolute Gasteiger partial charge is 0.262 e. The van der Waals surface area contributed by atoms with Crippen molar-refractivity contribution < 1.29 is 9.15 Å². The SMILES string of the molecule is C[Si](C)(OO[Si](C)(C)c1ccccc1)c1ccccc1. The second-order valence-electron chi connectivity index (χ2n) is 5.92. The third kappa shape index (κ3) is 3.67. The Kier molecular flexibility index (Phi) is 4.60. The minimum absolute atomic E-state index is 1.25. The molecule has 0 aliphatic heterocycles. The third-order valence-corrected chi connectivity index (χ3v) is 8.01. The van der Waals surface area contributed by atoms with Crippen molar-refractivity contribution in [2.45, 2.75) is 26.2 Å². The predicted molar refractivity (Wildman–Crippen MR) is 89.3 cm³/mol. The van der Waals surface area contributed by atoms with Gasteiger partial charge in [0.1, 0.15) is 0 Å². The van der Waals surface area contributed by atoms with E-state index in [2.05, 4.69) is 50.5 Å². The van der Waals surface area contributed by atoms with Crippen LogP contribution in [0, 0.1) is 0 Å². The summed E-state index contributed by atoms with van der Waals surface area (Å²) >= 11 is 0. The second-order valence-corrected chi connectivity index (χ2v) is 13.4. The highest BCUT2D eigenvalue weighted by atomic mass is 28.4. The van der Waals surface area contributed by atoms with Gasteiger partial charge in [0.2, 0.25) is 0 Å². The Morgan fingerprint density at radius 1 is 0.550 bits per heavy atom. The van der Waals surface area contributed by atoms with E-state index in [-0.39, 0.29) is 0 Å². The summed E-state index contributed by atoms with van der Waals surface area (Å²) in [4.78, 5) is 0. The largest absolute Gasteiger partial charge is 0.292 e. The molecule has 0 N–H and O–H groups in total. The van der Waals surface area contributed by atoms with Crippen LogP contribution in [0.1, 0.15) is 0 Å². The monoisotopic (exact) mass is 302 g/mol.